The van der Waals surface area contributed by atoms with E-state index in [1.54, 1.807) is 21.8 Å². The average molecular weight is 545 g/mol. The molecule has 1 saturated heterocycles. The number of amides is 3. The summed E-state index contributed by atoms with van der Waals surface area (Å²) in [7, 11) is 1.85. The van der Waals surface area contributed by atoms with Crippen LogP contribution in [0.4, 0.5) is 9.18 Å². The molecule has 0 radical (unpaired) electrons. The highest BCUT2D eigenvalue weighted by molar-refractivity contribution is 6.06. The molecular formula is C30H29FN4O5. The second kappa shape index (κ2) is 9.18. The molecule has 1 saturated carbocycles. The number of rotatable bonds is 4. The van der Waals surface area contributed by atoms with Crippen molar-refractivity contribution in [2.75, 3.05) is 13.2 Å². The topological polar surface area (TPSA) is 94.0 Å². The van der Waals surface area contributed by atoms with Crippen LogP contribution in [0.1, 0.15) is 42.4 Å². The Bertz CT molecular complexity index is 1550. The lowest BCUT2D eigenvalue weighted by atomic mass is 9.77. The first-order valence-corrected chi connectivity index (χ1v) is 13.7. The first-order valence-electron chi connectivity index (χ1n) is 13.7. The van der Waals surface area contributed by atoms with Crippen molar-refractivity contribution in [3.8, 4) is 16.9 Å². The molecule has 1 aromatic heterocycles. The van der Waals surface area contributed by atoms with E-state index in [0.717, 1.165) is 40.9 Å². The molecular weight excluding hydrogens is 515 g/mol. The summed E-state index contributed by atoms with van der Waals surface area (Å²) in [4.78, 5) is 43.3. The number of fused-ring (bicyclic) bond motifs is 3. The van der Waals surface area contributed by atoms with Gasteiger partial charge in [-0.05, 0) is 60.9 Å². The SMILES string of the molecule is Cn1cc(-c2ccc3c(c2)CCCC32OC(=O)N(CC(=O)N3Cc4cc(F)ccc4OC[C@H]3C3CC3)C2=O)cn1. The van der Waals surface area contributed by atoms with E-state index in [1.807, 2.05) is 31.4 Å². The molecule has 0 N–H and O–H groups in total. The Labute approximate surface area is 230 Å². The smallest absolute Gasteiger partial charge is 0.418 e. The lowest BCUT2D eigenvalue weighted by Gasteiger charge is -2.32. The number of carbonyl (C=O) groups excluding carboxylic acids is 3. The Kier molecular flexibility index (Phi) is 5.69. The Morgan fingerprint density at radius 1 is 1.12 bits per heavy atom. The third-order valence-electron chi connectivity index (χ3n) is 8.58. The van der Waals surface area contributed by atoms with E-state index >= 15 is 0 Å². The highest BCUT2D eigenvalue weighted by atomic mass is 19.1. The number of ether oxygens (including phenoxy) is 2. The molecule has 2 aromatic carbocycles. The van der Waals surface area contributed by atoms with Gasteiger partial charge in [-0.1, -0.05) is 18.2 Å². The van der Waals surface area contributed by atoms with Gasteiger partial charge in [-0.15, -0.1) is 0 Å². The molecule has 9 nitrogen and oxygen atoms in total. The van der Waals surface area contributed by atoms with Crippen LogP contribution in [0.25, 0.3) is 11.1 Å². The first-order chi connectivity index (χ1) is 19.3. The van der Waals surface area contributed by atoms with Gasteiger partial charge in [-0.3, -0.25) is 14.3 Å². The highest BCUT2D eigenvalue weighted by Gasteiger charge is 2.57. The number of nitrogens with zero attached hydrogens (tertiary/aromatic N) is 4. The molecule has 3 heterocycles. The largest absolute Gasteiger partial charge is 0.491 e. The second-order valence-electron chi connectivity index (χ2n) is 11.2. The minimum atomic E-state index is -1.44. The molecule has 0 bridgehead atoms. The zero-order valence-electron chi connectivity index (χ0n) is 22.1. The number of aryl methyl sites for hydroxylation is 2. The van der Waals surface area contributed by atoms with E-state index < -0.39 is 30.0 Å². The minimum Gasteiger partial charge on any atom is -0.491 e. The van der Waals surface area contributed by atoms with Crippen molar-refractivity contribution in [1.82, 2.24) is 19.6 Å². The van der Waals surface area contributed by atoms with Gasteiger partial charge in [-0.25, -0.2) is 14.1 Å². The van der Waals surface area contributed by atoms with Crippen molar-refractivity contribution in [2.45, 2.75) is 50.3 Å². The zero-order chi connectivity index (χ0) is 27.6. The van der Waals surface area contributed by atoms with Crippen molar-refractivity contribution in [2.24, 2.45) is 13.0 Å². The number of halogens is 1. The Hall–Kier alpha value is -4.21. The number of aromatic nitrogens is 2. The maximum Gasteiger partial charge on any atom is 0.418 e. The third kappa shape index (κ3) is 4.04. The van der Waals surface area contributed by atoms with Crippen LogP contribution in [0.5, 0.6) is 5.75 Å². The van der Waals surface area contributed by atoms with Crippen LogP contribution in [0.2, 0.25) is 0 Å². The Morgan fingerprint density at radius 3 is 2.75 bits per heavy atom. The van der Waals surface area contributed by atoms with Crippen LogP contribution < -0.4 is 4.74 Å². The summed E-state index contributed by atoms with van der Waals surface area (Å²) in [5.74, 6) is -0.496. The van der Waals surface area contributed by atoms with Gasteiger partial charge in [0.15, 0.2) is 0 Å². The van der Waals surface area contributed by atoms with Crippen LogP contribution in [0.3, 0.4) is 0 Å². The molecule has 2 atom stereocenters. The summed E-state index contributed by atoms with van der Waals surface area (Å²) in [5, 5.41) is 4.24. The second-order valence-corrected chi connectivity index (χ2v) is 11.2. The third-order valence-corrected chi connectivity index (χ3v) is 8.58. The summed E-state index contributed by atoms with van der Waals surface area (Å²) in [6, 6.07) is 9.85. The fraction of sp³-hybridized carbons (Fsp3) is 0.400. The van der Waals surface area contributed by atoms with Crippen molar-refractivity contribution in [3.05, 3.63) is 71.3 Å². The summed E-state index contributed by atoms with van der Waals surface area (Å²) < 4.78 is 27.5. The molecule has 10 heteroatoms. The summed E-state index contributed by atoms with van der Waals surface area (Å²) in [6.45, 7) is -0.00430. The van der Waals surface area contributed by atoms with Gasteiger partial charge in [0, 0.05) is 42.9 Å². The number of benzene rings is 2. The number of imide groups is 1. The van der Waals surface area contributed by atoms with Crippen LogP contribution >= 0.6 is 0 Å². The molecule has 206 valence electrons. The van der Waals surface area contributed by atoms with Crippen LogP contribution in [0, 0.1) is 11.7 Å². The predicted molar refractivity (Wildman–Crippen MR) is 140 cm³/mol. The van der Waals surface area contributed by atoms with Crippen molar-refractivity contribution in [3.63, 3.8) is 0 Å². The molecule has 7 rings (SSSR count). The molecule has 40 heavy (non-hydrogen) atoms. The van der Waals surface area contributed by atoms with Gasteiger partial charge in [-0.2, -0.15) is 5.10 Å². The fourth-order valence-corrected chi connectivity index (χ4v) is 6.37. The normalized spacial score (nSPS) is 23.9. The van der Waals surface area contributed by atoms with E-state index in [0.29, 0.717) is 29.7 Å². The molecule has 1 spiro atoms. The molecule has 3 amide bonds. The summed E-state index contributed by atoms with van der Waals surface area (Å²) >= 11 is 0. The van der Waals surface area contributed by atoms with Gasteiger partial charge in [0.25, 0.3) is 5.91 Å². The summed E-state index contributed by atoms with van der Waals surface area (Å²) in [5.41, 5.74) is 2.67. The van der Waals surface area contributed by atoms with E-state index in [2.05, 4.69) is 5.10 Å². The molecule has 1 unspecified atom stereocenters. The van der Waals surface area contributed by atoms with Crippen molar-refractivity contribution < 1.29 is 28.2 Å². The lowest BCUT2D eigenvalue weighted by Crippen LogP contribution is -2.49. The van der Waals surface area contributed by atoms with Gasteiger partial charge in [0.1, 0.15) is 24.7 Å². The molecule has 4 aliphatic rings. The van der Waals surface area contributed by atoms with Crippen molar-refractivity contribution in [1.29, 1.82) is 0 Å². The monoisotopic (exact) mass is 544 g/mol. The summed E-state index contributed by atoms with van der Waals surface area (Å²) in [6.07, 6.45) is 6.59. The molecule has 2 aliphatic carbocycles. The average Bonchev–Trinajstić information content (AvgIpc) is 3.68. The lowest BCUT2D eigenvalue weighted by molar-refractivity contribution is -0.144. The number of carbonyl (C=O) groups is 3. The minimum absolute atomic E-state index is 0.148. The maximum absolute atomic E-state index is 14.0. The van der Waals surface area contributed by atoms with E-state index in [1.165, 1.54) is 12.1 Å². The first kappa shape index (κ1) is 24.8. The van der Waals surface area contributed by atoms with Crippen LogP contribution in [-0.4, -0.2) is 56.7 Å². The standard InChI is InChI=1S/C30H29FN4O5/c1-33-14-22(13-32-33)19-6-8-24-20(11-19)3-2-10-30(24)28(37)35(29(38)40-30)16-27(36)34-15-21-12-23(31)7-9-26(21)39-17-25(34)18-4-5-18/h6-9,11-14,18,25H,2-5,10,15-17H2,1H3/t25-,30?/m0/s1. The van der Waals surface area contributed by atoms with E-state index in [4.69, 9.17) is 9.47 Å². The highest BCUT2D eigenvalue weighted by Crippen LogP contribution is 2.45. The van der Waals surface area contributed by atoms with Gasteiger partial charge in [0.05, 0.1) is 12.2 Å². The molecule has 2 aliphatic heterocycles. The van der Waals surface area contributed by atoms with Gasteiger partial charge in [0.2, 0.25) is 11.5 Å². The number of hydrogen-bond acceptors (Lipinski definition) is 6. The van der Waals surface area contributed by atoms with Gasteiger partial charge >= 0.3 is 6.09 Å². The van der Waals surface area contributed by atoms with Gasteiger partial charge < -0.3 is 14.4 Å². The van der Waals surface area contributed by atoms with E-state index in [-0.39, 0.29) is 31.0 Å². The molecule has 3 aromatic rings. The Balaban J connectivity index is 1.16. The Morgan fingerprint density at radius 2 is 1.98 bits per heavy atom. The molecule has 2 fully saturated rings. The quantitative estimate of drug-likeness (QED) is 0.494. The predicted octanol–water partition coefficient (Wildman–Crippen LogP) is 3.94. The number of hydrogen-bond donors (Lipinski definition) is 0. The van der Waals surface area contributed by atoms with Crippen LogP contribution in [0.15, 0.2) is 48.8 Å². The fourth-order valence-electron chi connectivity index (χ4n) is 6.37. The van der Waals surface area contributed by atoms with Crippen LogP contribution in [-0.2, 0) is 39.9 Å². The van der Waals surface area contributed by atoms with E-state index in [9.17, 15) is 18.8 Å². The maximum atomic E-state index is 14.0. The zero-order valence-corrected chi connectivity index (χ0v) is 22.1. The van der Waals surface area contributed by atoms with Crippen molar-refractivity contribution >= 4 is 17.9 Å².